The molecule has 5 unspecified atom stereocenters. The number of carboxylic acid groups (broad SMARTS) is 2. The van der Waals surface area contributed by atoms with E-state index in [1.165, 1.54) is 12.8 Å². The van der Waals surface area contributed by atoms with Gasteiger partial charge in [0.15, 0.2) is 0 Å². The van der Waals surface area contributed by atoms with Crippen molar-refractivity contribution in [2.24, 2.45) is 17.8 Å². The van der Waals surface area contributed by atoms with E-state index < -0.39 is 59.0 Å². The number of para-hydroxylation sites is 1. The van der Waals surface area contributed by atoms with Crippen LogP contribution in [0.15, 0.2) is 24.3 Å². The highest BCUT2D eigenvalue weighted by Crippen LogP contribution is 2.62. The lowest BCUT2D eigenvalue weighted by molar-refractivity contribution is -0.147. The molecule has 0 spiro atoms. The van der Waals surface area contributed by atoms with Crippen molar-refractivity contribution in [1.82, 2.24) is 10.6 Å². The zero-order valence-corrected chi connectivity index (χ0v) is 21.3. The summed E-state index contributed by atoms with van der Waals surface area (Å²) in [4.78, 5) is 48.7. The van der Waals surface area contributed by atoms with Crippen molar-refractivity contribution in [2.75, 3.05) is 5.32 Å². The Morgan fingerprint density at radius 1 is 1.11 bits per heavy atom. The third-order valence-electron chi connectivity index (χ3n) is 5.98. The topological polar surface area (TPSA) is 154 Å². The summed E-state index contributed by atoms with van der Waals surface area (Å²) in [6, 6.07) is 5.09. The zero-order chi connectivity index (χ0) is 26.6. The van der Waals surface area contributed by atoms with E-state index in [4.69, 9.17) is 16.3 Å². The van der Waals surface area contributed by atoms with Crippen molar-refractivity contribution in [1.29, 1.82) is 0 Å². The average Bonchev–Trinajstić information content (AvgIpc) is 3.42. The number of hydrogen-bond donors (Lipinski definition) is 5. The van der Waals surface area contributed by atoms with Gasteiger partial charge in [-0.15, -0.1) is 0 Å². The van der Waals surface area contributed by atoms with Gasteiger partial charge in [-0.3, -0.25) is 4.79 Å². The highest BCUT2D eigenvalue weighted by atomic mass is 35.5. The van der Waals surface area contributed by atoms with E-state index in [0.29, 0.717) is 10.7 Å². The van der Waals surface area contributed by atoms with Crippen molar-refractivity contribution in [2.45, 2.75) is 71.1 Å². The number of alkyl carbamates (subject to hydrolysis) is 1. The molecule has 2 aliphatic carbocycles. The maximum atomic E-state index is 12.5. The summed E-state index contributed by atoms with van der Waals surface area (Å²) in [5.74, 6) is -5.14. The molecule has 5 N–H and O–H groups in total. The molecular formula is C24H34ClN3O7. The Bertz CT molecular complexity index is 963. The number of hydrogen-bond acceptors (Lipinski definition) is 5. The average molecular weight is 512 g/mol. The van der Waals surface area contributed by atoms with E-state index in [-0.39, 0.29) is 6.42 Å². The minimum Gasteiger partial charge on any atom is -0.481 e. The number of carbonyl (C=O) groups is 4. The highest BCUT2D eigenvalue weighted by molar-refractivity contribution is 6.33. The number of rotatable bonds is 6. The predicted molar refractivity (Wildman–Crippen MR) is 130 cm³/mol. The smallest absolute Gasteiger partial charge is 0.408 e. The Morgan fingerprint density at radius 3 is 2.20 bits per heavy atom. The van der Waals surface area contributed by atoms with E-state index in [1.807, 2.05) is 0 Å². The van der Waals surface area contributed by atoms with E-state index in [2.05, 4.69) is 29.8 Å². The maximum Gasteiger partial charge on any atom is 0.408 e. The number of benzene rings is 1. The Hall–Kier alpha value is -3.01. The molecule has 11 heteroatoms. The third kappa shape index (κ3) is 6.78. The van der Waals surface area contributed by atoms with Gasteiger partial charge in [-0.2, -0.15) is 0 Å². The summed E-state index contributed by atoms with van der Waals surface area (Å²) >= 11 is 6.02. The van der Waals surface area contributed by atoms with Gasteiger partial charge >= 0.3 is 24.1 Å². The number of fused-ring (bicyclic) bond motifs is 1. The van der Waals surface area contributed by atoms with Gasteiger partial charge in [0, 0.05) is 18.4 Å². The van der Waals surface area contributed by atoms with Crippen LogP contribution in [0.2, 0.25) is 5.02 Å². The highest BCUT2D eigenvalue weighted by Gasteiger charge is 2.76. The molecule has 0 aliphatic heterocycles. The van der Waals surface area contributed by atoms with Crippen LogP contribution >= 0.6 is 11.6 Å². The van der Waals surface area contributed by atoms with Crippen molar-refractivity contribution in [3.8, 4) is 0 Å². The summed E-state index contributed by atoms with van der Waals surface area (Å²) in [6.07, 6.45) is 1.49. The van der Waals surface area contributed by atoms with Crippen LogP contribution in [0, 0.1) is 17.8 Å². The molecule has 194 valence electrons. The van der Waals surface area contributed by atoms with Gasteiger partial charge < -0.3 is 30.9 Å². The first kappa shape index (κ1) is 28.2. The molecule has 1 aromatic rings. The molecule has 5 atom stereocenters. The fraction of sp³-hybridized carbons (Fsp3) is 0.583. The molecule has 2 fully saturated rings. The first-order chi connectivity index (χ1) is 16.3. The Kier molecular flexibility index (Phi) is 9.00. The second-order valence-electron chi connectivity index (χ2n) is 9.76. The number of ether oxygens (including phenoxy) is 1. The second-order valence-corrected chi connectivity index (χ2v) is 10.2. The molecule has 0 bridgehead atoms. The number of carboxylic acids is 2. The summed E-state index contributed by atoms with van der Waals surface area (Å²) in [6.45, 7) is 9.23. The Labute approximate surface area is 209 Å². The molecule has 0 aromatic heterocycles. The quantitative estimate of drug-likeness (QED) is 0.380. The van der Waals surface area contributed by atoms with E-state index >= 15 is 0 Å². The summed E-state index contributed by atoms with van der Waals surface area (Å²) in [5, 5.41) is 27.3. The minimum absolute atomic E-state index is 0.184. The summed E-state index contributed by atoms with van der Waals surface area (Å²) < 4.78 is 5.17. The van der Waals surface area contributed by atoms with E-state index in [1.54, 1.807) is 45.0 Å². The molecule has 35 heavy (non-hydrogen) atoms. The molecule has 10 nitrogen and oxygen atoms in total. The second kappa shape index (κ2) is 11.2. The molecular weight excluding hydrogens is 478 g/mol. The minimum atomic E-state index is -1.88. The molecule has 2 saturated carbocycles. The number of anilines is 1. The number of halogens is 1. The monoisotopic (exact) mass is 511 g/mol. The molecule has 3 amide bonds. The standard InChI is InChI=1S/C20H24ClN3O7.C4H10/c1-19(2,3)31-18(30)24-20(16(27)28)8-11(12-13(14(12)20)15(25)26)23-17(29)22-10-7-5-4-6-9(10)21;1-3-4-2/h4-7,11-14H,8H2,1-3H3,(H,24,30)(H,25,26)(H,27,28)(H2,22,23,29);3-4H2,1-2H3. The van der Waals surface area contributed by atoms with Crippen LogP contribution < -0.4 is 16.0 Å². The third-order valence-corrected chi connectivity index (χ3v) is 6.31. The number of carbonyl (C=O) groups excluding carboxylic acids is 2. The van der Waals surface area contributed by atoms with Crippen LogP contribution in [0.3, 0.4) is 0 Å². The zero-order valence-electron chi connectivity index (χ0n) is 20.6. The SMILES string of the molecule is CC(C)(C)OC(=O)NC1(C(=O)O)CC(NC(=O)Nc2ccccc2Cl)C2C(C(=O)O)C21.CCCC. The first-order valence-electron chi connectivity index (χ1n) is 11.6. The number of aliphatic carboxylic acids is 2. The van der Waals surface area contributed by atoms with Crippen LogP contribution in [0.1, 0.15) is 53.9 Å². The van der Waals surface area contributed by atoms with Gasteiger partial charge in [-0.1, -0.05) is 50.4 Å². The lowest BCUT2D eigenvalue weighted by Crippen LogP contribution is -2.58. The fourth-order valence-electron chi connectivity index (χ4n) is 4.35. The predicted octanol–water partition coefficient (Wildman–Crippen LogP) is 4.34. The van der Waals surface area contributed by atoms with E-state index in [9.17, 15) is 29.4 Å². The summed E-state index contributed by atoms with van der Waals surface area (Å²) in [7, 11) is 0. The maximum absolute atomic E-state index is 12.5. The van der Waals surface area contributed by atoms with Crippen LogP contribution in [0.5, 0.6) is 0 Å². The van der Waals surface area contributed by atoms with Gasteiger partial charge in [-0.25, -0.2) is 14.4 Å². The van der Waals surface area contributed by atoms with Crippen molar-refractivity contribution < 1.29 is 34.1 Å². The number of nitrogens with one attached hydrogen (secondary N) is 3. The van der Waals surface area contributed by atoms with Gasteiger partial charge in [-0.05, 0) is 38.8 Å². The van der Waals surface area contributed by atoms with Crippen LogP contribution in [0.4, 0.5) is 15.3 Å². The van der Waals surface area contributed by atoms with Gasteiger partial charge in [0.05, 0.1) is 16.6 Å². The normalized spacial score (nSPS) is 26.3. The Morgan fingerprint density at radius 2 is 1.71 bits per heavy atom. The molecule has 0 radical (unpaired) electrons. The number of unbranched alkanes of at least 4 members (excludes halogenated alkanes) is 1. The van der Waals surface area contributed by atoms with Crippen molar-refractivity contribution in [3.05, 3.63) is 29.3 Å². The van der Waals surface area contributed by atoms with Crippen LogP contribution in [0.25, 0.3) is 0 Å². The fourth-order valence-corrected chi connectivity index (χ4v) is 4.53. The van der Waals surface area contributed by atoms with Crippen molar-refractivity contribution >= 4 is 41.4 Å². The number of urea groups is 1. The summed E-state index contributed by atoms with van der Waals surface area (Å²) in [5.41, 5.74) is -2.40. The lowest BCUT2D eigenvalue weighted by Gasteiger charge is -2.31. The van der Waals surface area contributed by atoms with Gasteiger partial charge in [0.2, 0.25) is 0 Å². The van der Waals surface area contributed by atoms with Gasteiger partial charge in [0.25, 0.3) is 0 Å². The van der Waals surface area contributed by atoms with E-state index in [0.717, 1.165) is 0 Å². The first-order valence-corrected chi connectivity index (χ1v) is 11.9. The molecule has 1 aromatic carbocycles. The molecule has 0 heterocycles. The van der Waals surface area contributed by atoms with Crippen LogP contribution in [-0.4, -0.2) is 51.5 Å². The molecule has 0 saturated heterocycles. The lowest BCUT2D eigenvalue weighted by atomic mass is 9.89. The molecule has 3 rings (SSSR count). The number of amides is 3. The molecule has 2 aliphatic rings. The largest absolute Gasteiger partial charge is 0.481 e. The van der Waals surface area contributed by atoms with Crippen molar-refractivity contribution in [3.63, 3.8) is 0 Å². The van der Waals surface area contributed by atoms with Crippen LogP contribution in [-0.2, 0) is 14.3 Å². The Balaban J connectivity index is 0.00000100. The van der Waals surface area contributed by atoms with Gasteiger partial charge in [0.1, 0.15) is 11.1 Å².